The van der Waals surface area contributed by atoms with E-state index in [9.17, 15) is 0 Å². The Balaban J connectivity index is 2.96. The largest absolute Gasteiger partial charge is 0.102 e. The predicted octanol–water partition coefficient (Wildman–Crippen LogP) is 3.93. The van der Waals surface area contributed by atoms with E-state index >= 15 is 0 Å². The quantitative estimate of drug-likeness (QED) is 0.607. The molecule has 0 bridgehead atoms. The molecule has 13 heavy (non-hydrogen) atoms. The highest BCUT2D eigenvalue weighted by atomic mass is 14.1. The molecule has 0 spiro atoms. The lowest BCUT2D eigenvalue weighted by atomic mass is 9.94. The summed E-state index contributed by atoms with van der Waals surface area (Å²) >= 11 is 0. The van der Waals surface area contributed by atoms with Crippen molar-refractivity contribution in [1.82, 2.24) is 0 Å². The van der Waals surface area contributed by atoms with Crippen LogP contribution >= 0.6 is 0 Å². The van der Waals surface area contributed by atoms with Crippen molar-refractivity contribution in [1.29, 1.82) is 0 Å². The minimum atomic E-state index is 0.475. The Morgan fingerprint density at radius 2 is 2.08 bits per heavy atom. The molecule has 1 aromatic rings. The summed E-state index contributed by atoms with van der Waals surface area (Å²) in [6.07, 6.45) is 4.39. The van der Waals surface area contributed by atoms with Crippen LogP contribution in [0.1, 0.15) is 37.3 Å². The number of allylic oxidation sites excluding steroid dienone is 1. The van der Waals surface area contributed by atoms with Crippen LogP contribution in [-0.4, -0.2) is 0 Å². The topological polar surface area (TPSA) is 0 Å². The summed E-state index contributed by atoms with van der Waals surface area (Å²) in [5.74, 6) is 0.475. The molecule has 0 aliphatic carbocycles. The number of rotatable bonds is 4. The van der Waals surface area contributed by atoms with Crippen LogP contribution in [0.3, 0.4) is 0 Å². The Labute approximate surface area is 81.3 Å². The summed E-state index contributed by atoms with van der Waals surface area (Å²) < 4.78 is 0. The standard InChI is InChI=1S/C13H18/c1-4-8-12-9-6-7-10-13(12)11(3)5-2/h5-7,9-11H,2,4,8H2,1,3H3. The van der Waals surface area contributed by atoms with Crippen LogP contribution in [0.5, 0.6) is 0 Å². The SMILES string of the molecule is C=CC(C)c1ccccc1CCC. The van der Waals surface area contributed by atoms with E-state index < -0.39 is 0 Å². The van der Waals surface area contributed by atoms with Crippen molar-refractivity contribution < 1.29 is 0 Å². The summed E-state index contributed by atoms with van der Waals surface area (Å²) in [5.41, 5.74) is 2.90. The normalized spacial score (nSPS) is 12.5. The van der Waals surface area contributed by atoms with E-state index in [2.05, 4.69) is 44.7 Å². The van der Waals surface area contributed by atoms with Crippen molar-refractivity contribution >= 4 is 0 Å². The van der Waals surface area contributed by atoms with Crippen molar-refractivity contribution in [2.75, 3.05) is 0 Å². The molecule has 0 aromatic heterocycles. The smallest absolute Gasteiger partial charge is 0.00104 e. The Kier molecular flexibility index (Phi) is 3.75. The Morgan fingerprint density at radius 1 is 1.38 bits per heavy atom. The van der Waals surface area contributed by atoms with Crippen LogP contribution in [0, 0.1) is 0 Å². The lowest BCUT2D eigenvalue weighted by molar-refractivity contribution is 0.870. The third-order valence-electron chi connectivity index (χ3n) is 2.42. The average molecular weight is 174 g/mol. The molecule has 0 saturated heterocycles. The van der Waals surface area contributed by atoms with Gasteiger partial charge in [0.2, 0.25) is 0 Å². The maximum Gasteiger partial charge on any atom is -0.00104 e. The second-order valence-electron chi connectivity index (χ2n) is 3.47. The van der Waals surface area contributed by atoms with Gasteiger partial charge in [-0.05, 0) is 23.5 Å². The van der Waals surface area contributed by atoms with E-state index in [-0.39, 0.29) is 0 Å². The van der Waals surface area contributed by atoms with Crippen LogP contribution < -0.4 is 0 Å². The summed E-state index contributed by atoms with van der Waals surface area (Å²) in [6.45, 7) is 8.25. The van der Waals surface area contributed by atoms with Crippen LogP contribution in [0.4, 0.5) is 0 Å². The third-order valence-corrected chi connectivity index (χ3v) is 2.42. The molecular formula is C13H18. The van der Waals surface area contributed by atoms with E-state index in [1.807, 2.05) is 6.08 Å². The van der Waals surface area contributed by atoms with Gasteiger partial charge in [0.25, 0.3) is 0 Å². The zero-order chi connectivity index (χ0) is 9.68. The van der Waals surface area contributed by atoms with Crippen molar-refractivity contribution in [3.05, 3.63) is 48.0 Å². The van der Waals surface area contributed by atoms with Gasteiger partial charge in [0.1, 0.15) is 0 Å². The summed E-state index contributed by atoms with van der Waals surface area (Å²) in [4.78, 5) is 0. The maximum atomic E-state index is 3.84. The second-order valence-corrected chi connectivity index (χ2v) is 3.47. The van der Waals surface area contributed by atoms with Crippen molar-refractivity contribution in [2.45, 2.75) is 32.6 Å². The summed E-state index contributed by atoms with van der Waals surface area (Å²) in [6, 6.07) is 8.65. The minimum absolute atomic E-state index is 0.475. The fraction of sp³-hybridized carbons (Fsp3) is 0.385. The molecule has 0 heterocycles. The fourth-order valence-electron chi connectivity index (χ4n) is 1.60. The lowest BCUT2D eigenvalue weighted by Crippen LogP contribution is -1.96. The van der Waals surface area contributed by atoms with Crippen molar-refractivity contribution in [3.63, 3.8) is 0 Å². The van der Waals surface area contributed by atoms with Gasteiger partial charge in [-0.1, -0.05) is 50.6 Å². The van der Waals surface area contributed by atoms with Crippen LogP contribution in [0.15, 0.2) is 36.9 Å². The predicted molar refractivity (Wildman–Crippen MR) is 59.0 cm³/mol. The lowest BCUT2D eigenvalue weighted by Gasteiger charge is -2.12. The van der Waals surface area contributed by atoms with Crippen LogP contribution in [0.2, 0.25) is 0 Å². The van der Waals surface area contributed by atoms with E-state index in [0.29, 0.717) is 5.92 Å². The molecule has 1 unspecified atom stereocenters. The second kappa shape index (κ2) is 4.86. The number of benzene rings is 1. The van der Waals surface area contributed by atoms with Gasteiger partial charge in [-0.15, -0.1) is 6.58 Å². The van der Waals surface area contributed by atoms with Crippen LogP contribution in [0.25, 0.3) is 0 Å². The van der Waals surface area contributed by atoms with Crippen molar-refractivity contribution in [2.24, 2.45) is 0 Å². The Hall–Kier alpha value is -1.04. The molecule has 70 valence electrons. The first-order valence-corrected chi connectivity index (χ1v) is 5.00. The van der Waals surface area contributed by atoms with Crippen LogP contribution in [-0.2, 0) is 6.42 Å². The molecule has 0 heteroatoms. The highest BCUT2D eigenvalue weighted by Gasteiger charge is 2.05. The zero-order valence-corrected chi connectivity index (χ0v) is 8.59. The van der Waals surface area contributed by atoms with E-state index in [0.717, 1.165) is 0 Å². The minimum Gasteiger partial charge on any atom is -0.102 e. The monoisotopic (exact) mass is 174 g/mol. The summed E-state index contributed by atoms with van der Waals surface area (Å²) in [7, 11) is 0. The number of hydrogen-bond donors (Lipinski definition) is 0. The zero-order valence-electron chi connectivity index (χ0n) is 8.59. The average Bonchev–Trinajstić information content (AvgIpc) is 2.18. The molecular weight excluding hydrogens is 156 g/mol. The molecule has 1 aromatic carbocycles. The Bertz CT molecular complexity index is 273. The molecule has 1 rings (SSSR count). The third kappa shape index (κ3) is 2.45. The molecule has 0 aliphatic heterocycles. The van der Waals surface area contributed by atoms with Gasteiger partial charge in [0.15, 0.2) is 0 Å². The number of aryl methyl sites for hydroxylation is 1. The van der Waals surface area contributed by atoms with Gasteiger partial charge < -0.3 is 0 Å². The first kappa shape index (κ1) is 10.0. The van der Waals surface area contributed by atoms with E-state index in [1.54, 1.807) is 0 Å². The molecule has 0 amide bonds. The Morgan fingerprint density at radius 3 is 2.69 bits per heavy atom. The molecule has 0 saturated carbocycles. The van der Waals surface area contributed by atoms with Gasteiger partial charge >= 0.3 is 0 Å². The van der Waals surface area contributed by atoms with Gasteiger partial charge in [0, 0.05) is 0 Å². The highest BCUT2D eigenvalue weighted by Crippen LogP contribution is 2.21. The molecule has 0 fully saturated rings. The summed E-state index contributed by atoms with van der Waals surface area (Å²) in [5, 5.41) is 0. The maximum absolute atomic E-state index is 3.84. The van der Waals surface area contributed by atoms with Gasteiger partial charge in [-0.2, -0.15) is 0 Å². The molecule has 1 atom stereocenters. The van der Waals surface area contributed by atoms with Gasteiger partial charge in [-0.25, -0.2) is 0 Å². The first-order valence-electron chi connectivity index (χ1n) is 5.00. The molecule has 0 N–H and O–H groups in total. The van der Waals surface area contributed by atoms with E-state index in [4.69, 9.17) is 0 Å². The molecule has 0 radical (unpaired) electrons. The fourth-order valence-corrected chi connectivity index (χ4v) is 1.60. The first-order chi connectivity index (χ1) is 6.29. The number of hydrogen-bond acceptors (Lipinski definition) is 0. The molecule has 0 nitrogen and oxygen atoms in total. The van der Waals surface area contributed by atoms with Crippen molar-refractivity contribution in [3.8, 4) is 0 Å². The van der Waals surface area contributed by atoms with E-state index in [1.165, 1.54) is 24.0 Å². The van der Waals surface area contributed by atoms with Gasteiger partial charge in [-0.3, -0.25) is 0 Å². The van der Waals surface area contributed by atoms with Gasteiger partial charge in [0.05, 0.1) is 0 Å². The molecule has 0 aliphatic rings. The highest BCUT2D eigenvalue weighted by molar-refractivity contribution is 5.32.